The maximum atomic E-state index is 13.0. The van der Waals surface area contributed by atoms with Crippen LogP contribution in [0.3, 0.4) is 0 Å². The number of likely N-dealkylation sites (tertiary alicyclic amines) is 1. The van der Waals surface area contributed by atoms with Crippen LogP contribution in [0.15, 0.2) is 12.1 Å². The summed E-state index contributed by atoms with van der Waals surface area (Å²) in [5.74, 6) is 0.481. The van der Waals surface area contributed by atoms with Crippen LogP contribution in [0.5, 0.6) is 11.5 Å². The summed E-state index contributed by atoms with van der Waals surface area (Å²) in [6.07, 6.45) is 8.14. The van der Waals surface area contributed by atoms with Gasteiger partial charge in [-0.05, 0) is 63.1 Å². The Morgan fingerprint density at radius 2 is 2.11 bits per heavy atom. The number of rotatable bonds is 6. The van der Waals surface area contributed by atoms with Crippen LogP contribution in [-0.4, -0.2) is 39.8 Å². The molecule has 1 aromatic rings. The summed E-state index contributed by atoms with van der Waals surface area (Å²) < 4.78 is 13.0. The summed E-state index contributed by atoms with van der Waals surface area (Å²) in [5.41, 5.74) is 0.217. The summed E-state index contributed by atoms with van der Waals surface area (Å²) >= 11 is 0. The van der Waals surface area contributed by atoms with Crippen molar-refractivity contribution in [1.29, 1.82) is 0 Å². The highest BCUT2D eigenvalue weighted by Crippen LogP contribution is 2.58. The molecule has 0 amide bonds. The number of phenols is 1. The molecular formula is C22H32FNO3. The van der Waals surface area contributed by atoms with Gasteiger partial charge in [-0.1, -0.05) is 32.3 Å². The minimum absolute atomic E-state index is 0.0350. The molecule has 1 aromatic carbocycles. The van der Waals surface area contributed by atoms with Gasteiger partial charge in [-0.15, -0.1) is 0 Å². The van der Waals surface area contributed by atoms with Crippen LogP contribution in [0.4, 0.5) is 4.53 Å². The Hall–Kier alpha value is -1.33. The number of benzene rings is 1. The first-order valence-electron chi connectivity index (χ1n) is 10.5. The second-order valence-corrected chi connectivity index (χ2v) is 9.12. The van der Waals surface area contributed by atoms with Crippen molar-refractivity contribution in [3.8, 4) is 11.5 Å². The molecule has 27 heavy (non-hydrogen) atoms. The molecule has 2 fully saturated rings. The van der Waals surface area contributed by atoms with Crippen LogP contribution >= 0.6 is 0 Å². The Labute approximate surface area is 161 Å². The standard InChI is InChI=1S/C22H32FNO3/c1-3-4-10-22-11-12-24(14-15-6-5-7-15)18(21(22,2)26)13-16-8-9-17(27-23)20(25)19(16)22/h8-9,15,18,25-26H,3-7,10-14H2,1-2H3/t18-,21?,22?/m1/s1. The van der Waals surface area contributed by atoms with Gasteiger partial charge in [-0.25, -0.2) is 0 Å². The molecule has 1 heterocycles. The van der Waals surface area contributed by atoms with Gasteiger partial charge >= 0.3 is 0 Å². The van der Waals surface area contributed by atoms with Gasteiger partial charge in [0.05, 0.1) is 5.60 Å². The van der Waals surface area contributed by atoms with Crippen LogP contribution in [0, 0.1) is 5.92 Å². The lowest BCUT2D eigenvalue weighted by Gasteiger charge is -2.61. The van der Waals surface area contributed by atoms with Gasteiger partial charge in [0.1, 0.15) is 0 Å². The van der Waals surface area contributed by atoms with E-state index in [2.05, 4.69) is 16.8 Å². The van der Waals surface area contributed by atoms with E-state index in [9.17, 15) is 14.7 Å². The smallest absolute Gasteiger partial charge is 0.213 e. The van der Waals surface area contributed by atoms with Crippen molar-refractivity contribution >= 4 is 0 Å². The van der Waals surface area contributed by atoms with Crippen molar-refractivity contribution < 1.29 is 19.7 Å². The molecule has 0 radical (unpaired) electrons. The predicted octanol–water partition coefficient (Wildman–Crippen LogP) is 4.27. The van der Waals surface area contributed by atoms with Gasteiger partial charge in [-0.2, -0.15) is 0 Å². The topological polar surface area (TPSA) is 52.9 Å². The van der Waals surface area contributed by atoms with E-state index in [4.69, 9.17) is 0 Å². The van der Waals surface area contributed by atoms with Gasteiger partial charge in [-0.3, -0.25) is 9.84 Å². The normalized spacial score (nSPS) is 33.4. The number of fused-ring (bicyclic) bond motifs is 4. The van der Waals surface area contributed by atoms with Crippen molar-refractivity contribution in [3.63, 3.8) is 0 Å². The molecule has 150 valence electrons. The van der Waals surface area contributed by atoms with Crippen LogP contribution < -0.4 is 4.94 Å². The molecule has 4 rings (SSSR count). The van der Waals surface area contributed by atoms with Crippen molar-refractivity contribution in [2.24, 2.45) is 5.92 Å². The molecule has 5 heteroatoms. The largest absolute Gasteiger partial charge is 0.504 e. The second kappa shape index (κ2) is 6.93. The maximum absolute atomic E-state index is 13.0. The quantitative estimate of drug-likeness (QED) is 0.778. The lowest BCUT2D eigenvalue weighted by Crippen LogP contribution is -2.70. The van der Waals surface area contributed by atoms with Crippen molar-refractivity contribution in [3.05, 3.63) is 23.3 Å². The number of halogens is 1. The number of hydrogen-bond acceptors (Lipinski definition) is 4. The molecule has 3 aliphatic rings. The summed E-state index contributed by atoms with van der Waals surface area (Å²) in [5, 5.41) is 22.7. The third-order valence-corrected chi connectivity index (χ3v) is 7.76. The van der Waals surface area contributed by atoms with Crippen molar-refractivity contribution in [1.82, 2.24) is 4.90 Å². The lowest BCUT2D eigenvalue weighted by atomic mass is 9.53. The third-order valence-electron chi connectivity index (χ3n) is 7.76. The van der Waals surface area contributed by atoms with E-state index >= 15 is 0 Å². The van der Waals surface area contributed by atoms with Gasteiger partial charge in [0.2, 0.25) is 5.75 Å². The van der Waals surface area contributed by atoms with Crippen molar-refractivity contribution in [2.45, 2.75) is 82.3 Å². The molecule has 2 aliphatic carbocycles. The van der Waals surface area contributed by atoms with Gasteiger partial charge in [0.25, 0.3) is 0 Å². The molecule has 3 atom stereocenters. The van der Waals surface area contributed by atoms with E-state index in [1.165, 1.54) is 25.3 Å². The molecule has 1 saturated heterocycles. The number of hydrogen-bond donors (Lipinski definition) is 2. The van der Waals surface area contributed by atoms with E-state index in [0.717, 1.165) is 55.8 Å². The molecule has 1 aliphatic heterocycles. The summed E-state index contributed by atoms with van der Waals surface area (Å²) in [7, 11) is 0. The van der Waals surface area contributed by atoms with E-state index in [-0.39, 0.29) is 17.5 Å². The van der Waals surface area contributed by atoms with E-state index in [0.29, 0.717) is 6.42 Å². The molecule has 2 unspecified atom stereocenters. The Balaban J connectivity index is 1.79. The fraction of sp³-hybridized carbons (Fsp3) is 0.727. The number of aromatic hydroxyl groups is 1. The molecule has 2 bridgehead atoms. The SMILES string of the molecule is CCCCC12CCN(CC3CCC3)[C@H](Cc3ccc(OF)c(O)c31)C2(C)O. The number of piperidine rings is 1. The molecule has 0 spiro atoms. The average molecular weight is 378 g/mol. The second-order valence-electron chi connectivity index (χ2n) is 9.12. The Morgan fingerprint density at radius 3 is 2.74 bits per heavy atom. The van der Waals surface area contributed by atoms with Gasteiger partial charge < -0.3 is 10.2 Å². The highest BCUT2D eigenvalue weighted by molar-refractivity contribution is 5.57. The van der Waals surface area contributed by atoms with Crippen molar-refractivity contribution in [2.75, 3.05) is 13.1 Å². The Morgan fingerprint density at radius 1 is 1.33 bits per heavy atom. The van der Waals surface area contributed by atoms with Crippen LogP contribution in [0.25, 0.3) is 0 Å². The maximum Gasteiger partial charge on any atom is 0.213 e. The summed E-state index contributed by atoms with van der Waals surface area (Å²) in [4.78, 5) is 6.40. The molecule has 4 nitrogen and oxygen atoms in total. The lowest BCUT2D eigenvalue weighted by molar-refractivity contribution is -0.142. The number of unbranched alkanes of at least 4 members (excludes halogenated alkanes) is 1. The average Bonchev–Trinajstić information content (AvgIpc) is 2.59. The zero-order chi connectivity index (χ0) is 19.2. The molecule has 1 saturated carbocycles. The minimum Gasteiger partial charge on any atom is -0.504 e. The highest BCUT2D eigenvalue weighted by Gasteiger charge is 2.61. The zero-order valence-electron chi connectivity index (χ0n) is 16.5. The summed E-state index contributed by atoms with van der Waals surface area (Å²) in [6.45, 7) is 6.04. The molecular weight excluding hydrogens is 345 g/mol. The van der Waals surface area contributed by atoms with E-state index < -0.39 is 11.0 Å². The van der Waals surface area contributed by atoms with E-state index in [1.807, 2.05) is 13.0 Å². The van der Waals surface area contributed by atoms with Gasteiger partial charge in [0, 0.05) is 28.1 Å². The molecule has 0 aromatic heterocycles. The number of aliphatic hydroxyl groups is 1. The van der Waals surface area contributed by atoms with Crippen LogP contribution in [0.2, 0.25) is 0 Å². The van der Waals surface area contributed by atoms with Crippen LogP contribution in [-0.2, 0) is 11.8 Å². The monoisotopic (exact) mass is 377 g/mol. The number of nitrogens with zero attached hydrogens (tertiary/aromatic N) is 1. The summed E-state index contributed by atoms with van der Waals surface area (Å²) in [6, 6.07) is 3.42. The van der Waals surface area contributed by atoms with E-state index in [1.54, 1.807) is 0 Å². The first kappa shape index (κ1) is 19.0. The number of phenolic OH excluding ortho intramolecular Hbond substituents is 1. The van der Waals surface area contributed by atoms with Crippen LogP contribution in [0.1, 0.15) is 69.9 Å². The fourth-order valence-electron chi connectivity index (χ4n) is 5.92. The highest BCUT2D eigenvalue weighted by atomic mass is 19.3. The predicted molar refractivity (Wildman–Crippen MR) is 103 cm³/mol. The third kappa shape index (κ3) is 2.77. The Bertz CT molecular complexity index is 703. The first-order valence-corrected chi connectivity index (χ1v) is 10.5. The molecule has 2 N–H and O–H groups in total. The minimum atomic E-state index is -0.969. The fourth-order valence-corrected chi connectivity index (χ4v) is 5.92. The zero-order valence-corrected chi connectivity index (χ0v) is 16.5. The Kier molecular flexibility index (Phi) is 4.88. The van der Waals surface area contributed by atoms with Gasteiger partial charge in [0.15, 0.2) is 5.75 Å². The first-order chi connectivity index (χ1) is 12.9.